The van der Waals surface area contributed by atoms with E-state index in [-0.39, 0.29) is 6.04 Å². The van der Waals surface area contributed by atoms with Crippen molar-refractivity contribution in [2.75, 3.05) is 52.3 Å². The van der Waals surface area contributed by atoms with E-state index in [9.17, 15) is 0 Å². The van der Waals surface area contributed by atoms with Gasteiger partial charge < -0.3 is 20.3 Å². The molecule has 122 valence electrons. The van der Waals surface area contributed by atoms with Gasteiger partial charge in [-0.2, -0.15) is 11.8 Å². The van der Waals surface area contributed by atoms with E-state index in [0.717, 1.165) is 30.3 Å². The van der Waals surface area contributed by atoms with E-state index in [0.29, 0.717) is 12.5 Å². The first-order valence-electron chi connectivity index (χ1n) is 7.55. The van der Waals surface area contributed by atoms with Gasteiger partial charge in [0, 0.05) is 24.6 Å². The molecule has 1 heterocycles. The van der Waals surface area contributed by atoms with E-state index in [4.69, 9.17) is 10.5 Å². The number of ether oxygens (including phenoxy) is 1. The van der Waals surface area contributed by atoms with Crippen LogP contribution in [-0.4, -0.2) is 68.1 Å². The number of nitrogens with two attached hydrogens (primary N) is 1. The van der Waals surface area contributed by atoms with Crippen molar-refractivity contribution in [3.05, 3.63) is 29.8 Å². The molecule has 5 nitrogen and oxygen atoms in total. The third-order valence-corrected chi connectivity index (χ3v) is 4.83. The van der Waals surface area contributed by atoms with Gasteiger partial charge in [0.15, 0.2) is 5.96 Å². The van der Waals surface area contributed by atoms with E-state index >= 15 is 0 Å². The van der Waals surface area contributed by atoms with Crippen molar-refractivity contribution in [3.63, 3.8) is 0 Å². The summed E-state index contributed by atoms with van der Waals surface area (Å²) in [6, 6.07) is 8.37. The number of benzene rings is 1. The van der Waals surface area contributed by atoms with Crippen molar-refractivity contribution in [3.8, 4) is 5.75 Å². The van der Waals surface area contributed by atoms with E-state index in [1.54, 1.807) is 7.11 Å². The molecule has 1 saturated heterocycles. The summed E-state index contributed by atoms with van der Waals surface area (Å²) in [5.74, 6) is 3.80. The summed E-state index contributed by atoms with van der Waals surface area (Å²) >= 11 is 1.97. The number of thioether (sulfide) groups is 1. The topological polar surface area (TPSA) is 54.1 Å². The summed E-state index contributed by atoms with van der Waals surface area (Å²) in [5.41, 5.74) is 7.37. The zero-order valence-corrected chi connectivity index (χ0v) is 14.5. The van der Waals surface area contributed by atoms with Gasteiger partial charge in [-0.3, -0.25) is 4.99 Å². The lowest BCUT2D eigenvalue weighted by Gasteiger charge is -2.28. The number of aliphatic imine (C=N–C) groups is 1. The summed E-state index contributed by atoms with van der Waals surface area (Å²) in [5, 5.41) is 0. The number of guanidine groups is 1. The van der Waals surface area contributed by atoms with Gasteiger partial charge in [-0.25, -0.2) is 0 Å². The van der Waals surface area contributed by atoms with Crippen LogP contribution in [0.3, 0.4) is 0 Å². The summed E-state index contributed by atoms with van der Waals surface area (Å²) < 4.78 is 5.22. The van der Waals surface area contributed by atoms with Crippen molar-refractivity contribution >= 4 is 17.7 Å². The highest BCUT2D eigenvalue weighted by Gasteiger charge is 2.16. The summed E-state index contributed by atoms with van der Waals surface area (Å²) in [7, 11) is 5.82. The first-order chi connectivity index (χ1) is 10.6. The normalized spacial score (nSPS) is 17.6. The second-order valence-corrected chi connectivity index (χ2v) is 6.78. The van der Waals surface area contributed by atoms with Crippen LogP contribution in [0.1, 0.15) is 11.6 Å². The Morgan fingerprint density at radius 3 is 2.50 bits per heavy atom. The van der Waals surface area contributed by atoms with E-state index in [1.807, 2.05) is 23.9 Å². The first kappa shape index (κ1) is 17.0. The molecule has 0 radical (unpaired) electrons. The SMILES string of the molecule is COc1ccc(C(CN=C(N)N2CCSCC2)N(C)C)cc1. The summed E-state index contributed by atoms with van der Waals surface area (Å²) in [6.07, 6.45) is 0. The zero-order chi connectivity index (χ0) is 15.9. The largest absolute Gasteiger partial charge is 0.497 e. The molecule has 0 aromatic heterocycles. The number of likely N-dealkylation sites (N-methyl/N-ethyl adjacent to an activating group) is 1. The lowest BCUT2D eigenvalue weighted by molar-refractivity contribution is 0.305. The molecular formula is C16H26N4OS. The quantitative estimate of drug-likeness (QED) is 0.660. The smallest absolute Gasteiger partial charge is 0.191 e. The molecule has 0 saturated carbocycles. The summed E-state index contributed by atoms with van der Waals surface area (Å²) in [4.78, 5) is 8.98. The van der Waals surface area contributed by atoms with E-state index in [2.05, 4.69) is 41.0 Å². The molecule has 1 aliphatic rings. The fourth-order valence-corrected chi connectivity index (χ4v) is 3.37. The Morgan fingerprint density at radius 2 is 1.95 bits per heavy atom. The van der Waals surface area contributed by atoms with Gasteiger partial charge >= 0.3 is 0 Å². The van der Waals surface area contributed by atoms with Crippen LogP contribution < -0.4 is 10.5 Å². The predicted molar refractivity (Wildman–Crippen MR) is 94.8 cm³/mol. The second-order valence-electron chi connectivity index (χ2n) is 5.55. The van der Waals surface area contributed by atoms with Crippen LogP contribution in [0.4, 0.5) is 0 Å². The third kappa shape index (κ3) is 4.55. The lowest BCUT2D eigenvalue weighted by Crippen LogP contribution is -2.43. The van der Waals surface area contributed by atoms with E-state index < -0.39 is 0 Å². The zero-order valence-electron chi connectivity index (χ0n) is 13.7. The molecule has 1 fully saturated rings. The Hall–Kier alpha value is -1.40. The molecule has 0 spiro atoms. The third-order valence-electron chi connectivity index (χ3n) is 3.89. The molecule has 0 amide bonds. The molecule has 2 rings (SSSR count). The molecule has 1 aliphatic heterocycles. The second kappa shape index (κ2) is 8.29. The molecule has 0 aliphatic carbocycles. The van der Waals surface area contributed by atoms with Gasteiger partial charge in [0.2, 0.25) is 0 Å². The van der Waals surface area contributed by atoms with Crippen LogP contribution in [0.2, 0.25) is 0 Å². The van der Waals surface area contributed by atoms with Crippen molar-refractivity contribution in [2.24, 2.45) is 10.7 Å². The average molecular weight is 322 g/mol. The minimum Gasteiger partial charge on any atom is -0.497 e. The minimum atomic E-state index is 0.212. The highest BCUT2D eigenvalue weighted by Crippen LogP contribution is 2.21. The fraction of sp³-hybridized carbons (Fsp3) is 0.562. The van der Waals surface area contributed by atoms with Crippen molar-refractivity contribution in [1.82, 2.24) is 9.80 Å². The summed E-state index contributed by atoms with van der Waals surface area (Å²) in [6.45, 7) is 2.65. The highest BCUT2D eigenvalue weighted by molar-refractivity contribution is 7.99. The maximum Gasteiger partial charge on any atom is 0.191 e. The van der Waals surface area contributed by atoms with Gasteiger partial charge in [-0.1, -0.05) is 12.1 Å². The molecule has 1 atom stereocenters. The van der Waals surface area contributed by atoms with Crippen LogP contribution in [0.15, 0.2) is 29.3 Å². The highest BCUT2D eigenvalue weighted by atomic mass is 32.2. The van der Waals surface area contributed by atoms with Crippen molar-refractivity contribution in [1.29, 1.82) is 0 Å². The molecule has 0 bridgehead atoms. The van der Waals surface area contributed by atoms with Gasteiger partial charge in [0.1, 0.15) is 5.75 Å². The van der Waals surface area contributed by atoms with Crippen LogP contribution >= 0.6 is 11.8 Å². The van der Waals surface area contributed by atoms with E-state index in [1.165, 1.54) is 5.56 Å². The van der Waals surface area contributed by atoms with Gasteiger partial charge in [-0.15, -0.1) is 0 Å². The number of methoxy groups -OCH3 is 1. The minimum absolute atomic E-state index is 0.212. The monoisotopic (exact) mass is 322 g/mol. The molecule has 1 unspecified atom stereocenters. The van der Waals surface area contributed by atoms with Gasteiger partial charge in [0.05, 0.1) is 19.7 Å². The predicted octanol–water partition coefficient (Wildman–Crippen LogP) is 1.66. The standard InChI is InChI=1S/C16H26N4OS/c1-19(2)15(13-4-6-14(21-3)7-5-13)12-18-16(17)20-8-10-22-11-9-20/h4-7,15H,8-12H2,1-3H3,(H2,17,18). The first-order valence-corrected chi connectivity index (χ1v) is 8.70. The maximum atomic E-state index is 6.15. The molecule has 6 heteroatoms. The van der Waals surface area contributed by atoms with Crippen molar-refractivity contribution in [2.45, 2.75) is 6.04 Å². The van der Waals surface area contributed by atoms with Crippen LogP contribution in [0.5, 0.6) is 5.75 Å². The Labute approximate surface area is 137 Å². The number of hydrogen-bond acceptors (Lipinski definition) is 4. The Bertz CT molecular complexity index is 483. The molecule has 2 N–H and O–H groups in total. The maximum absolute atomic E-state index is 6.15. The Morgan fingerprint density at radius 1 is 1.32 bits per heavy atom. The number of nitrogens with zero attached hydrogens (tertiary/aromatic N) is 3. The van der Waals surface area contributed by atoms with Crippen LogP contribution in [0, 0.1) is 0 Å². The molecule has 1 aromatic rings. The Balaban J connectivity index is 2.04. The average Bonchev–Trinajstić information content (AvgIpc) is 2.56. The number of hydrogen-bond donors (Lipinski definition) is 1. The van der Waals surface area contributed by atoms with Crippen LogP contribution in [0.25, 0.3) is 0 Å². The van der Waals surface area contributed by atoms with Crippen molar-refractivity contribution < 1.29 is 4.74 Å². The van der Waals surface area contributed by atoms with Gasteiger partial charge in [-0.05, 0) is 31.8 Å². The molecular weight excluding hydrogens is 296 g/mol. The van der Waals surface area contributed by atoms with Gasteiger partial charge in [0.25, 0.3) is 0 Å². The Kier molecular flexibility index (Phi) is 6.39. The van der Waals surface area contributed by atoms with Crippen LogP contribution in [-0.2, 0) is 0 Å². The molecule has 1 aromatic carbocycles. The fourth-order valence-electron chi connectivity index (χ4n) is 2.47. The molecule has 22 heavy (non-hydrogen) atoms. The lowest BCUT2D eigenvalue weighted by atomic mass is 10.1. The number of rotatable bonds is 5.